The van der Waals surface area contributed by atoms with Crippen molar-refractivity contribution in [1.29, 1.82) is 0 Å². The van der Waals surface area contributed by atoms with Gasteiger partial charge in [0.1, 0.15) is 11.5 Å². The first-order valence-corrected chi connectivity index (χ1v) is 12.0. The first-order valence-electron chi connectivity index (χ1n) is 12.0. The Morgan fingerprint density at radius 1 is 1.12 bits per heavy atom. The summed E-state index contributed by atoms with van der Waals surface area (Å²) in [6.07, 6.45) is 7.27. The molecule has 2 saturated carbocycles. The van der Waals surface area contributed by atoms with Crippen LogP contribution in [0.2, 0.25) is 0 Å². The average Bonchev–Trinajstić information content (AvgIpc) is 3.47. The van der Waals surface area contributed by atoms with E-state index in [1.54, 1.807) is 7.11 Å². The molecule has 4 rings (SSSR count). The van der Waals surface area contributed by atoms with Gasteiger partial charge < -0.3 is 25.0 Å². The zero-order chi connectivity index (χ0) is 22.3. The van der Waals surface area contributed by atoms with Crippen LogP contribution in [-0.4, -0.2) is 80.7 Å². The molecule has 0 aromatic heterocycles. The first kappa shape index (κ1) is 25.9. The van der Waals surface area contributed by atoms with E-state index >= 15 is 0 Å². The summed E-state index contributed by atoms with van der Waals surface area (Å²) in [5.74, 6) is 2.74. The maximum atomic E-state index is 12.1. The highest BCUT2D eigenvalue weighted by molar-refractivity contribution is 14.0. The number of rotatable bonds is 8. The van der Waals surface area contributed by atoms with Crippen molar-refractivity contribution in [3.8, 4) is 11.5 Å². The normalized spacial score (nSPS) is 19.7. The maximum absolute atomic E-state index is 12.1. The van der Waals surface area contributed by atoms with Gasteiger partial charge >= 0.3 is 0 Å². The van der Waals surface area contributed by atoms with Crippen LogP contribution in [0.1, 0.15) is 44.1 Å². The van der Waals surface area contributed by atoms with Crippen LogP contribution in [0.15, 0.2) is 23.2 Å². The summed E-state index contributed by atoms with van der Waals surface area (Å²) in [5, 5.41) is 6.58. The molecular weight excluding hydrogens is 533 g/mol. The van der Waals surface area contributed by atoms with Crippen LogP contribution in [-0.2, 0) is 11.3 Å². The molecular formula is C24H38IN5O3. The second kappa shape index (κ2) is 12.6. The average molecular weight is 572 g/mol. The fraction of sp³-hybridized carbons (Fsp3) is 0.667. The summed E-state index contributed by atoms with van der Waals surface area (Å²) in [7, 11) is 3.51. The number of guanidine groups is 1. The molecule has 1 amide bonds. The fourth-order valence-electron chi connectivity index (χ4n) is 4.43. The van der Waals surface area contributed by atoms with Gasteiger partial charge in [0.2, 0.25) is 5.91 Å². The van der Waals surface area contributed by atoms with Crippen molar-refractivity contribution in [3.05, 3.63) is 23.8 Å². The van der Waals surface area contributed by atoms with E-state index in [-0.39, 0.29) is 29.9 Å². The van der Waals surface area contributed by atoms with E-state index in [1.807, 2.05) is 19.2 Å². The number of halogens is 1. The number of hydrogen-bond donors (Lipinski definition) is 2. The lowest BCUT2D eigenvalue weighted by atomic mass is 10.1. The Bertz CT molecular complexity index is 803. The molecule has 3 fully saturated rings. The Morgan fingerprint density at radius 3 is 2.48 bits per heavy atom. The van der Waals surface area contributed by atoms with Gasteiger partial charge in [0.15, 0.2) is 5.96 Å². The van der Waals surface area contributed by atoms with Crippen LogP contribution in [0.4, 0.5) is 0 Å². The topological polar surface area (TPSA) is 78.4 Å². The molecule has 2 aliphatic carbocycles. The SMILES string of the molecule is CN=C(NCc1ccc(OC)cc1OC1CCCC1)N1CCN(CC(=O)NC2CC2)CC1.I. The van der Waals surface area contributed by atoms with Crippen molar-refractivity contribution < 1.29 is 14.3 Å². The Labute approximate surface area is 214 Å². The molecule has 1 aromatic rings. The molecule has 0 atom stereocenters. The van der Waals surface area contributed by atoms with Crippen molar-refractivity contribution in [3.63, 3.8) is 0 Å². The monoisotopic (exact) mass is 571 g/mol. The zero-order valence-electron chi connectivity index (χ0n) is 19.8. The molecule has 8 nitrogen and oxygen atoms in total. The molecule has 0 unspecified atom stereocenters. The highest BCUT2D eigenvalue weighted by atomic mass is 127. The van der Waals surface area contributed by atoms with E-state index in [0.29, 0.717) is 25.2 Å². The molecule has 1 aromatic carbocycles. The van der Waals surface area contributed by atoms with Gasteiger partial charge in [-0.15, -0.1) is 24.0 Å². The molecule has 0 spiro atoms. The predicted octanol–water partition coefficient (Wildman–Crippen LogP) is 2.61. The molecule has 1 saturated heterocycles. The summed E-state index contributed by atoms with van der Waals surface area (Å²) in [4.78, 5) is 21.0. The van der Waals surface area contributed by atoms with Gasteiger partial charge in [0, 0.05) is 57.4 Å². The van der Waals surface area contributed by atoms with Crippen LogP contribution >= 0.6 is 24.0 Å². The summed E-state index contributed by atoms with van der Waals surface area (Å²) in [5.41, 5.74) is 1.11. The van der Waals surface area contributed by atoms with Crippen molar-refractivity contribution in [2.24, 2.45) is 4.99 Å². The maximum Gasteiger partial charge on any atom is 0.234 e. The van der Waals surface area contributed by atoms with Gasteiger partial charge in [-0.05, 0) is 50.7 Å². The van der Waals surface area contributed by atoms with E-state index in [1.165, 1.54) is 12.8 Å². The summed E-state index contributed by atoms with van der Waals surface area (Å²) < 4.78 is 11.7. The molecule has 1 aliphatic heterocycles. The van der Waals surface area contributed by atoms with E-state index in [2.05, 4.69) is 31.5 Å². The van der Waals surface area contributed by atoms with Crippen molar-refractivity contribution >= 4 is 35.8 Å². The zero-order valence-corrected chi connectivity index (χ0v) is 22.2. The Balaban J connectivity index is 0.00000306. The number of piperazine rings is 1. The third-order valence-corrected chi connectivity index (χ3v) is 6.50. The number of benzene rings is 1. The third kappa shape index (κ3) is 7.63. The minimum atomic E-state index is 0. The molecule has 184 valence electrons. The lowest BCUT2D eigenvalue weighted by molar-refractivity contribution is -0.122. The van der Waals surface area contributed by atoms with Gasteiger partial charge in [0.25, 0.3) is 0 Å². The molecule has 0 bridgehead atoms. The van der Waals surface area contributed by atoms with E-state index < -0.39 is 0 Å². The second-order valence-corrected chi connectivity index (χ2v) is 9.00. The number of carbonyl (C=O) groups excluding carboxylic acids is 1. The molecule has 0 radical (unpaired) electrons. The highest BCUT2D eigenvalue weighted by Crippen LogP contribution is 2.30. The smallest absolute Gasteiger partial charge is 0.234 e. The Morgan fingerprint density at radius 2 is 1.85 bits per heavy atom. The van der Waals surface area contributed by atoms with E-state index in [4.69, 9.17) is 9.47 Å². The van der Waals surface area contributed by atoms with E-state index in [0.717, 1.165) is 74.9 Å². The van der Waals surface area contributed by atoms with Crippen molar-refractivity contribution in [2.45, 2.75) is 57.2 Å². The fourth-order valence-corrected chi connectivity index (χ4v) is 4.43. The van der Waals surface area contributed by atoms with Crippen molar-refractivity contribution in [1.82, 2.24) is 20.4 Å². The van der Waals surface area contributed by atoms with Crippen LogP contribution < -0.4 is 20.1 Å². The number of aliphatic imine (C=N–C) groups is 1. The minimum Gasteiger partial charge on any atom is -0.497 e. The second-order valence-electron chi connectivity index (χ2n) is 9.00. The number of hydrogen-bond acceptors (Lipinski definition) is 5. The standard InChI is InChI=1S/C24H37N5O3.HI/c1-25-24(29-13-11-28(12-14-29)17-23(30)27-19-8-9-19)26-16-18-7-10-21(31-2)15-22(18)32-20-5-3-4-6-20;/h7,10,15,19-20H,3-6,8-9,11-14,16-17H2,1-2H3,(H,25,26)(H,27,30);1H. The summed E-state index contributed by atoms with van der Waals surface area (Å²) in [6, 6.07) is 6.46. The number of nitrogens with zero attached hydrogens (tertiary/aromatic N) is 3. The van der Waals surface area contributed by atoms with Gasteiger partial charge in [-0.1, -0.05) is 0 Å². The Hall–Kier alpha value is -1.75. The van der Waals surface area contributed by atoms with Crippen LogP contribution in [0, 0.1) is 0 Å². The minimum absolute atomic E-state index is 0. The highest BCUT2D eigenvalue weighted by Gasteiger charge is 2.26. The largest absolute Gasteiger partial charge is 0.497 e. The third-order valence-electron chi connectivity index (χ3n) is 6.50. The molecule has 1 heterocycles. The molecule has 2 N–H and O–H groups in total. The number of methoxy groups -OCH3 is 1. The van der Waals surface area contributed by atoms with Crippen LogP contribution in [0.3, 0.4) is 0 Å². The summed E-state index contributed by atoms with van der Waals surface area (Å²) >= 11 is 0. The molecule has 9 heteroatoms. The van der Waals surface area contributed by atoms with Gasteiger partial charge in [-0.2, -0.15) is 0 Å². The lowest BCUT2D eigenvalue weighted by Crippen LogP contribution is -2.54. The van der Waals surface area contributed by atoms with Crippen LogP contribution in [0.25, 0.3) is 0 Å². The quantitative estimate of drug-likeness (QED) is 0.284. The number of amides is 1. The number of ether oxygens (including phenoxy) is 2. The van der Waals surface area contributed by atoms with Gasteiger partial charge in [-0.25, -0.2) is 0 Å². The number of nitrogens with one attached hydrogen (secondary N) is 2. The van der Waals surface area contributed by atoms with Gasteiger partial charge in [0.05, 0.1) is 19.8 Å². The predicted molar refractivity (Wildman–Crippen MR) is 141 cm³/mol. The number of carbonyl (C=O) groups is 1. The molecule has 3 aliphatic rings. The van der Waals surface area contributed by atoms with E-state index in [9.17, 15) is 4.79 Å². The molecule has 33 heavy (non-hydrogen) atoms. The summed E-state index contributed by atoms with van der Waals surface area (Å²) in [6.45, 7) is 4.55. The van der Waals surface area contributed by atoms with Crippen molar-refractivity contribution in [2.75, 3.05) is 46.9 Å². The Kier molecular flexibility index (Phi) is 9.91. The van der Waals surface area contributed by atoms with Gasteiger partial charge in [-0.3, -0.25) is 14.7 Å². The van der Waals surface area contributed by atoms with Crippen LogP contribution in [0.5, 0.6) is 11.5 Å². The lowest BCUT2D eigenvalue weighted by Gasteiger charge is -2.36. The first-order chi connectivity index (χ1) is 15.6.